The second kappa shape index (κ2) is 7.81. The van der Waals surface area contributed by atoms with Gasteiger partial charge in [0.25, 0.3) is 12.0 Å². The molecule has 2 N–H and O–H groups in total. The fourth-order valence-corrected chi connectivity index (χ4v) is 2.68. The number of hydrogen-bond donors (Lipinski definition) is 2. The van der Waals surface area contributed by atoms with Gasteiger partial charge in [-0.2, -0.15) is 0 Å². The van der Waals surface area contributed by atoms with Gasteiger partial charge in [0.05, 0.1) is 0 Å². The Morgan fingerprint density at radius 1 is 1.35 bits per heavy atom. The van der Waals surface area contributed by atoms with Crippen molar-refractivity contribution in [3.63, 3.8) is 0 Å². The molecule has 0 saturated heterocycles. The molecule has 0 radical (unpaired) electrons. The zero-order valence-corrected chi connectivity index (χ0v) is 14.2. The van der Waals surface area contributed by atoms with E-state index < -0.39 is 23.5 Å². The standard InChI is InChI=1S/C18H17F2N3O3/c1-10-13(15(22-2)6-7-21)9-14(18(25)26)17(24)23(10)12-5-3-4-11(8-12)16(19)20/h3-5,7-9,16,21H,6H2,1-2H3,(H,25,26). The topological polar surface area (TPSA) is 95.5 Å². The molecule has 0 spiro atoms. The number of aromatic nitrogens is 1. The lowest BCUT2D eigenvalue weighted by molar-refractivity contribution is 0.0694. The molecule has 0 fully saturated rings. The van der Waals surface area contributed by atoms with Crippen LogP contribution in [0.2, 0.25) is 0 Å². The molecule has 2 aromatic rings. The number of halogens is 2. The van der Waals surface area contributed by atoms with Crippen LogP contribution in [0.5, 0.6) is 0 Å². The van der Waals surface area contributed by atoms with E-state index in [9.17, 15) is 23.5 Å². The molecule has 136 valence electrons. The van der Waals surface area contributed by atoms with Crippen molar-refractivity contribution in [3.05, 3.63) is 63.1 Å². The van der Waals surface area contributed by atoms with Crippen molar-refractivity contribution in [3.8, 4) is 5.69 Å². The van der Waals surface area contributed by atoms with Crippen molar-refractivity contribution in [1.82, 2.24) is 4.57 Å². The van der Waals surface area contributed by atoms with Gasteiger partial charge in [-0.05, 0) is 25.1 Å². The van der Waals surface area contributed by atoms with Crippen LogP contribution in [-0.4, -0.2) is 34.6 Å². The number of hydrogen-bond acceptors (Lipinski definition) is 4. The number of nitrogens with zero attached hydrogens (tertiary/aromatic N) is 2. The monoisotopic (exact) mass is 361 g/mol. The van der Waals surface area contributed by atoms with Gasteiger partial charge < -0.3 is 10.5 Å². The lowest BCUT2D eigenvalue weighted by Gasteiger charge is -2.17. The lowest BCUT2D eigenvalue weighted by atomic mass is 10.0. The van der Waals surface area contributed by atoms with E-state index >= 15 is 0 Å². The van der Waals surface area contributed by atoms with E-state index in [-0.39, 0.29) is 17.7 Å². The average Bonchev–Trinajstić information content (AvgIpc) is 2.60. The first-order chi connectivity index (χ1) is 12.3. The second-order valence-electron chi connectivity index (χ2n) is 5.48. The molecule has 0 aliphatic rings. The van der Waals surface area contributed by atoms with E-state index in [1.54, 1.807) is 6.92 Å². The predicted octanol–water partition coefficient (Wildman–Crippen LogP) is 3.24. The van der Waals surface area contributed by atoms with Crippen molar-refractivity contribution in [2.45, 2.75) is 19.8 Å². The molecule has 0 aliphatic carbocycles. The highest BCUT2D eigenvalue weighted by Crippen LogP contribution is 2.22. The molecule has 0 amide bonds. The van der Waals surface area contributed by atoms with Crippen LogP contribution in [0.3, 0.4) is 0 Å². The molecule has 0 unspecified atom stereocenters. The highest BCUT2D eigenvalue weighted by atomic mass is 19.3. The van der Waals surface area contributed by atoms with Gasteiger partial charge in [0, 0.05) is 47.9 Å². The third-order valence-electron chi connectivity index (χ3n) is 3.93. The zero-order valence-electron chi connectivity index (χ0n) is 14.2. The Bertz CT molecular complexity index is 949. The van der Waals surface area contributed by atoms with Crippen LogP contribution >= 0.6 is 0 Å². The summed E-state index contributed by atoms with van der Waals surface area (Å²) in [4.78, 5) is 28.2. The summed E-state index contributed by atoms with van der Waals surface area (Å²) in [7, 11) is 1.49. The first-order valence-electron chi connectivity index (χ1n) is 7.65. The number of pyridine rings is 1. The lowest BCUT2D eigenvalue weighted by Crippen LogP contribution is -2.29. The molecular formula is C18H17F2N3O3. The number of nitrogens with one attached hydrogen (secondary N) is 1. The zero-order chi connectivity index (χ0) is 19.4. The Balaban J connectivity index is 2.86. The summed E-state index contributed by atoms with van der Waals surface area (Å²) in [6.07, 6.45) is -1.47. The molecule has 0 bridgehead atoms. The van der Waals surface area contributed by atoms with Crippen molar-refractivity contribution < 1.29 is 18.7 Å². The van der Waals surface area contributed by atoms with Crippen molar-refractivity contribution >= 4 is 17.9 Å². The van der Waals surface area contributed by atoms with Crippen LogP contribution in [0.15, 0.2) is 40.1 Å². The summed E-state index contributed by atoms with van der Waals surface area (Å²) in [6.45, 7) is 1.58. The van der Waals surface area contributed by atoms with Gasteiger partial charge >= 0.3 is 5.97 Å². The van der Waals surface area contributed by atoms with Gasteiger partial charge in [-0.1, -0.05) is 12.1 Å². The number of aliphatic imine (C=N–C) groups is 1. The number of rotatable bonds is 6. The number of alkyl halides is 2. The van der Waals surface area contributed by atoms with Gasteiger partial charge in [0.15, 0.2) is 0 Å². The summed E-state index contributed by atoms with van der Waals surface area (Å²) in [5.74, 6) is -1.43. The summed E-state index contributed by atoms with van der Waals surface area (Å²) in [6, 6.07) is 6.41. The fraction of sp³-hybridized carbons (Fsp3) is 0.222. The normalized spacial score (nSPS) is 11.7. The van der Waals surface area contributed by atoms with Crippen LogP contribution in [0.1, 0.15) is 40.0 Å². The van der Waals surface area contributed by atoms with Crippen LogP contribution < -0.4 is 5.56 Å². The average molecular weight is 361 g/mol. The number of carbonyl (C=O) groups is 1. The molecule has 0 saturated carbocycles. The van der Waals surface area contributed by atoms with Crippen molar-refractivity contribution in [2.24, 2.45) is 4.99 Å². The van der Waals surface area contributed by atoms with Crippen LogP contribution in [0.4, 0.5) is 8.78 Å². The predicted molar refractivity (Wildman–Crippen MR) is 94.6 cm³/mol. The number of aromatic carboxylic acids is 1. The molecule has 0 atom stereocenters. The minimum Gasteiger partial charge on any atom is -0.477 e. The van der Waals surface area contributed by atoms with Gasteiger partial charge in [-0.15, -0.1) is 0 Å². The maximum atomic E-state index is 13.0. The van der Waals surface area contributed by atoms with Crippen molar-refractivity contribution in [1.29, 1.82) is 5.41 Å². The number of carboxylic acid groups (broad SMARTS) is 1. The first kappa shape index (κ1) is 19.2. The number of carboxylic acids is 1. The Morgan fingerprint density at radius 2 is 2.04 bits per heavy atom. The molecule has 1 aromatic carbocycles. The van der Waals surface area contributed by atoms with E-state index in [1.807, 2.05) is 0 Å². The fourth-order valence-electron chi connectivity index (χ4n) is 2.68. The molecule has 1 heterocycles. The summed E-state index contributed by atoms with van der Waals surface area (Å²) < 4.78 is 27.1. The molecule has 26 heavy (non-hydrogen) atoms. The molecule has 2 rings (SSSR count). The van der Waals surface area contributed by atoms with E-state index in [4.69, 9.17) is 5.41 Å². The molecule has 1 aromatic heterocycles. The first-order valence-corrected chi connectivity index (χ1v) is 7.65. The Labute approximate surface area is 148 Å². The number of benzene rings is 1. The van der Waals surface area contributed by atoms with Gasteiger partial charge in [-0.25, -0.2) is 13.6 Å². The minimum absolute atomic E-state index is 0.139. The highest BCUT2D eigenvalue weighted by Gasteiger charge is 2.20. The van der Waals surface area contributed by atoms with Gasteiger partial charge in [0.1, 0.15) is 5.56 Å². The molecular weight excluding hydrogens is 344 g/mol. The maximum absolute atomic E-state index is 13.0. The van der Waals surface area contributed by atoms with E-state index in [1.165, 1.54) is 31.3 Å². The van der Waals surface area contributed by atoms with Gasteiger partial charge in [0.2, 0.25) is 0 Å². The summed E-state index contributed by atoms with van der Waals surface area (Å²) in [5.41, 5.74) is -0.322. The smallest absolute Gasteiger partial charge is 0.341 e. The second-order valence-corrected chi connectivity index (χ2v) is 5.48. The van der Waals surface area contributed by atoms with E-state index in [0.717, 1.165) is 16.8 Å². The molecule has 6 nitrogen and oxygen atoms in total. The quantitative estimate of drug-likeness (QED) is 0.773. The SMILES string of the molecule is CN=C(CC=N)c1cc(C(=O)O)c(=O)n(-c2cccc(C(F)F)c2)c1C. The van der Waals surface area contributed by atoms with Crippen LogP contribution in [-0.2, 0) is 0 Å². The summed E-state index contributed by atoms with van der Waals surface area (Å²) in [5, 5.41) is 16.6. The maximum Gasteiger partial charge on any atom is 0.341 e. The van der Waals surface area contributed by atoms with Gasteiger partial charge in [-0.3, -0.25) is 14.4 Å². The third-order valence-corrected chi connectivity index (χ3v) is 3.93. The molecule has 0 aliphatic heterocycles. The summed E-state index contributed by atoms with van der Waals surface area (Å²) >= 11 is 0. The Hall–Kier alpha value is -3.16. The third kappa shape index (κ3) is 3.58. The molecule has 8 heteroatoms. The van der Waals surface area contributed by atoms with E-state index in [0.29, 0.717) is 17.0 Å². The van der Waals surface area contributed by atoms with E-state index in [2.05, 4.69) is 4.99 Å². The van der Waals surface area contributed by atoms with Crippen LogP contribution in [0.25, 0.3) is 5.69 Å². The van der Waals surface area contributed by atoms with Crippen LogP contribution in [0, 0.1) is 12.3 Å². The Kier molecular flexibility index (Phi) is 5.76. The Morgan fingerprint density at radius 3 is 2.58 bits per heavy atom. The largest absolute Gasteiger partial charge is 0.477 e. The van der Waals surface area contributed by atoms with Crippen molar-refractivity contribution in [2.75, 3.05) is 7.05 Å². The minimum atomic E-state index is -2.72. The highest BCUT2D eigenvalue weighted by molar-refractivity contribution is 6.08.